The van der Waals surface area contributed by atoms with E-state index in [2.05, 4.69) is 32.6 Å². The molecule has 1 heterocycles. The molecule has 0 aliphatic carbocycles. The number of carbonyl (C=O) groups is 4. The van der Waals surface area contributed by atoms with Crippen molar-refractivity contribution >= 4 is 69.8 Å². The number of esters is 1. The molecule has 0 saturated carbocycles. The lowest BCUT2D eigenvalue weighted by atomic mass is 10.1. The molecule has 9 nitrogen and oxygen atoms in total. The van der Waals surface area contributed by atoms with Crippen LogP contribution in [0.15, 0.2) is 66.2 Å². The summed E-state index contributed by atoms with van der Waals surface area (Å²) >= 11 is 8.28. The summed E-state index contributed by atoms with van der Waals surface area (Å²) < 4.78 is 16.8. The Morgan fingerprint density at radius 2 is 1.76 bits per heavy atom. The largest absolute Gasteiger partial charge is 0.493 e. The number of hydrogen-bond donors (Lipinski definition) is 1. The van der Waals surface area contributed by atoms with Crippen LogP contribution in [0.3, 0.4) is 0 Å². The molecule has 0 radical (unpaired) electrons. The molecule has 3 aromatic carbocycles. The number of hydrogen-bond acceptors (Lipinski definition) is 7. The average Bonchev–Trinajstić information content (AvgIpc) is 2.90. The molecule has 0 atom stereocenters. The quantitative estimate of drug-likeness (QED) is 0.167. The normalized spacial score (nSPS) is 14.4. The van der Waals surface area contributed by atoms with Gasteiger partial charge in [0.15, 0.2) is 11.5 Å². The summed E-state index contributed by atoms with van der Waals surface area (Å²) in [5.74, 6) is -1.37. The highest BCUT2D eigenvalue weighted by molar-refractivity contribution is 14.1. The Balaban J connectivity index is 1.63. The van der Waals surface area contributed by atoms with E-state index >= 15 is 0 Å². The number of benzene rings is 3. The average molecular weight is 647 g/mol. The zero-order valence-corrected chi connectivity index (χ0v) is 23.0. The fourth-order valence-corrected chi connectivity index (χ4v) is 4.62. The number of anilines is 1. The lowest BCUT2D eigenvalue weighted by Crippen LogP contribution is -2.54. The minimum Gasteiger partial charge on any atom is -0.493 e. The molecule has 3 aromatic rings. The highest BCUT2D eigenvalue weighted by Gasteiger charge is 2.37. The fraction of sp³-hybridized carbons (Fsp3) is 0.111. The molecule has 0 unspecified atom stereocenters. The second kappa shape index (κ2) is 11.7. The van der Waals surface area contributed by atoms with Crippen molar-refractivity contribution in [2.24, 2.45) is 0 Å². The molecule has 1 N–H and O–H groups in total. The third kappa shape index (κ3) is 5.65. The summed E-state index contributed by atoms with van der Waals surface area (Å²) in [4.78, 5) is 50.9. The molecule has 1 aliphatic heterocycles. The van der Waals surface area contributed by atoms with Gasteiger partial charge in [-0.2, -0.15) is 0 Å². The number of carbonyl (C=O) groups excluding carboxylic acids is 4. The predicted octanol–water partition coefficient (Wildman–Crippen LogP) is 4.99. The van der Waals surface area contributed by atoms with Crippen LogP contribution in [-0.4, -0.2) is 38.0 Å². The van der Waals surface area contributed by atoms with Crippen molar-refractivity contribution < 1.29 is 33.4 Å². The van der Waals surface area contributed by atoms with Gasteiger partial charge in [-0.05, 0) is 76.7 Å². The van der Waals surface area contributed by atoms with E-state index in [9.17, 15) is 19.2 Å². The summed E-state index contributed by atoms with van der Waals surface area (Å²) in [7, 11) is 2.72. The fourth-order valence-electron chi connectivity index (χ4n) is 3.65. The molecule has 0 spiro atoms. The Bertz CT molecular complexity index is 1470. The number of amides is 4. The van der Waals surface area contributed by atoms with Crippen LogP contribution in [0.5, 0.6) is 11.5 Å². The van der Waals surface area contributed by atoms with E-state index in [0.29, 0.717) is 25.7 Å². The van der Waals surface area contributed by atoms with Gasteiger partial charge in [0.1, 0.15) is 12.2 Å². The standard InChI is InChI=1S/C27H20ClIN2O7/c1-36-22-13-15(12-21(29)23(22)38-14-17-5-3-4-6-20(17)28)11-19-24(32)30-27(35)31(25(19)33)18-9-7-16(8-10-18)26(34)37-2/h3-13H,14H2,1-2H3,(H,30,32,35)/b19-11+. The third-order valence-electron chi connectivity index (χ3n) is 5.54. The van der Waals surface area contributed by atoms with Crippen molar-refractivity contribution in [3.63, 3.8) is 0 Å². The first-order valence-electron chi connectivity index (χ1n) is 11.1. The SMILES string of the molecule is COC(=O)c1ccc(N2C(=O)NC(=O)/C(=C\c3cc(I)c(OCc4ccccc4Cl)c(OC)c3)C2=O)cc1. The van der Waals surface area contributed by atoms with Crippen LogP contribution < -0.4 is 19.7 Å². The van der Waals surface area contributed by atoms with Gasteiger partial charge in [0.25, 0.3) is 11.8 Å². The Hall–Kier alpha value is -3.90. The van der Waals surface area contributed by atoms with Gasteiger partial charge in [0, 0.05) is 10.6 Å². The first-order valence-corrected chi connectivity index (χ1v) is 12.5. The maximum atomic E-state index is 13.2. The van der Waals surface area contributed by atoms with Crippen molar-refractivity contribution in [2.75, 3.05) is 19.1 Å². The summed E-state index contributed by atoms with van der Waals surface area (Å²) in [6, 6.07) is 15.4. The number of halogens is 2. The van der Waals surface area contributed by atoms with E-state index in [1.807, 2.05) is 18.2 Å². The topological polar surface area (TPSA) is 111 Å². The summed E-state index contributed by atoms with van der Waals surface area (Å²) in [5, 5.41) is 2.75. The molecule has 11 heteroatoms. The molecule has 1 fully saturated rings. The maximum absolute atomic E-state index is 13.2. The van der Waals surface area contributed by atoms with Gasteiger partial charge in [-0.15, -0.1) is 0 Å². The first-order chi connectivity index (χ1) is 18.2. The molecule has 1 aliphatic rings. The lowest BCUT2D eigenvalue weighted by Gasteiger charge is -2.26. The smallest absolute Gasteiger partial charge is 0.337 e. The Kier molecular flexibility index (Phi) is 8.32. The van der Waals surface area contributed by atoms with Crippen molar-refractivity contribution in [1.82, 2.24) is 5.32 Å². The first kappa shape index (κ1) is 27.1. The maximum Gasteiger partial charge on any atom is 0.337 e. The minimum atomic E-state index is -0.904. The molecule has 1 saturated heterocycles. The number of urea groups is 1. The molecular weight excluding hydrogens is 627 g/mol. The van der Waals surface area contributed by atoms with Crippen molar-refractivity contribution in [1.29, 1.82) is 0 Å². The molecular formula is C27H20ClIN2O7. The number of ether oxygens (including phenoxy) is 3. The van der Waals surface area contributed by atoms with Crippen molar-refractivity contribution in [3.05, 3.63) is 91.5 Å². The summed E-state index contributed by atoms with van der Waals surface area (Å²) in [6.45, 7) is 0.208. The molecule has 4 rings (SSSR count). The van der Waals surface area contributed by atoms with Gasteiger partial charge in [0.05, 0.1) is 29.0 Å². The van der Waals surface area contributed by atoms with Gasteiger partial charge >= 0.3 is 12.0 Å². The van der Waals surface area contributed by atoms with E-state index < -0.39 is 23.8 Å². The van der Waals surface area contributed by atoms with Crippen LogP contribution in [0, 0.1) is 3.57 Å². The minimum absolute atomic E-state index is 0.175. The highest BCUT2D eigenvalue weighted by Crippen LogP contribution is 2.36. The Morgan fingerprint density at radius 3 is 2.42 bits per heavy atom. The molecule has 0 aromatic heterocycles. The van der Waals surface area contributed by atoms with Gasteiger partial charge in [0.2, 0.25) is 0 Å². The molecule has 0 bridgehead atoms. The van der Waals surface area contributed by atoms with Crippen LogP contribution in [0.25, 0.3) is 6.08 Å². The van der Waals surface area contributed by atoms with Crippen LogP contribution in [0.2, 0.25) is 5.02 Å². The highest BCUT2D eigenvalue weighted by atomic mass is 127. The van der Waals surface area contributed by atoms with Gasteiger partial charge in [-0.1, -0.05) is 29.8 Å². The zero-order chi connectivity index (χ0) is 27.4. The second-order valence-electron chi connectivity index (χ2n) is 7.91. The van der Waals surface area contributed by atoms with Crippen molar-refractivity contribution in [2.45, 2.75) is 6.61 Å². The van der Waals surface area contributed by atoms with Crippen LogP contribution in [0.1, 0.15) is 21.5 Å². The van der Waals surface area contributed by atoms with E-state index in [-0.39, 0.29) is 23.4 Å². The van der Waals surface area contributed by atoms with Gasteiger partial charge in [-0.25, -0.2) is 14.5 Å². The lowest BCUT2D eigenvalue weighted by molar-refractivity contribution is -0.122. The van der Waals surface area contributed by atoms with E-state index in [1.165, 1.54) is 44.6 Å². The molecule has 194 valence electrons. The predicted molar refractivity (Wildman–Crippen MR) is 148 cm³/mol. The second-order valence-corrected chi connectivity index (χ2v) is 9.48. The van der Waals surface area contributed by atoms with Gasteiger partial charge < -0.3 is 14.2 Å². The third-order valence-corrected chi connectivity index (χ3v) is 6.71. The summed E-state index contributed by atoms with van der Waals surface area (Å²) in [5.41, 5.74) is 1.43. The molecule has 4 amide bonds. The van der Waals surface area contributed by atoms with E-state index in [0.717, 1.165) is 10.5 Å². The number of rotatable bonds is 7. The Morgan fingerprint density at radius 1 is 1.05 bits per heavy atom. The van der Waals surface area contributed by atoms with Crippen LogP contribution in [0.4, 0.5) is 10.5 Å². The summed E-state index contributed by atoms with van der Waals surface area (Å²) in [6.07, 6.45) is 1.36. The van der Waals surface area contributed by atoms with Crippen LogP contribution in [-0.2, 0) is 20.9 Å². The monoisotopic (exact) mass is 646 g/mol. The van der Waals surface area contributed by atoms with Gasteiger partial charge in [-0.3, -0.25) is 14.9 Å². The Labute approximate surface area is 236 Å². The zero-order valence-electron chi connectivity index (χ0n) is 20.1. The number of nitrogens with one attached hydrogen (secondary N) is 1. The van der Waals surface area contributed by atoms with Crippen molar-refractivity contribution in [3.8, 4) is 11.5 Å². The molecule has 38 heavy (non-hydrogen) atoms. The number of methoxy groups -OCH3 is 2. The number of nitrogens with zero attached hydrogens (tertiary/aromatic N) is 1. The van der Waals surface area contributed by atoms with Crippen LogP contribution >= 0.6 is 34.2 Å². The number of barbiturate groups is 1. The van der Waals surface area contributed by atoms with E-state index in [4.69, 9.17) is 21.1 Å². The number of imide groups is 2. The van der Waals surface area contributed by atoms with E-state index in [1.54, 1.807) is 18.2 Å².